The summed E-state index contributed by atoms with van der Waals surface area (Å²) in [5.74, 6) is -5.19. The molecule has 0 spiro atoms. The van der Waals surface area contributed by atoms with E-state index < -0.39 is 96.5 Å². The van der Waals surface area contributed by atoms with Gasteiger partial charge >= 0.3 is 6.03 Å². The van der Waals surface area contributed by atoms with Crippen LogP contribution in [-0.4, -0.2) is 110 Å². The van der Waals surface area contributed by atoms with Crippen LogP contribution in [0.4, 0.5) is 10.5 Å². The molecule has 3 unspecified atom stereocenters. The van der Waals surface area contributed by atoms with Crippen molar-refractivity contribution in [1.29, 1.82) is 5.41 Å². The minimum Gasteiger partial charge on any atom is -0.357 e. The van der Waals surface area contributed by atoms with E-state index in [0.717, 1.165) is 17.3 Å². The van der Waals surface area contributed by atoms with Crippen LogP contribution in [0.2, 0.25) is 0 Å². The smallest absolute Gasteiger partial charge is 0.323 e. The van der Waals surface area contributed by atoms with Crippen molar-refractivity contribution < 1.29 is 33.6 Å². The van der Waals surface area contributed by atoms with Crippen LogP contribution in [0.5, 0.6) is 0 Å². The maximum atomic E-state index is 14.0. The van der Waals surface area contributed by atoms with Crippen LogP contribution in [0.15, 0.2) is 66.5 Å². The Bertz CT molecular complexity index is 1860. The number of urea groups is 1. The number of rotatable bonds is 11. The zero-order valence-electron chi connectivity index (χ0n) is 32.0. The van der Waals surface area contributed by atoms with E-state index in [9.17, 15) is 33.6 Å². The van der Waals surface area contributed by atoms with E-state index in [4.69, 9.17) is 22.6 Å². The summed E-state index contributed by atoms with van der Waals surface area (Å²) in [6.07, 6.45) is 2.10. The maximum absolute atomic E-state index is 14.0. The Hall–Kier alpha value is -6.58. The Morgan fingerprint density at radius 2 is 1.66 bits per heavy atom. The number of hydrogen-bond acceptors (Lipinski definition) is 11. The van der Waals surface area contributed by atoms with Gasteiger partial charge in [-0.1, -0.05) is 42.5 Å². The average molecular weight is 805 g/mol. The highest BCUT2D eigenvalue weighted by molar-refractivity contribution is 6.03. The topological polar surface area (TPSA) is 342 Å². The van der Waals surface area contributed by atoms with Crippen molar-refractivity contribution >= 4 is 53.1 Å². The SMILES string of the molecule is C[C@@H]1NC(=O)C(N)CNC(=O)[C@H](C2CCNC(=N)N2)NC(=O)/C(=C/NC(=O)Nc2cccc(-c3ccccc3)c2)NC(=O)[C@H](CNC(=O)CC(N)CCCN)NC1=O. The van der Waals surface area contributed by atoms with Gasteiger partial charge in [0.2, 0.25) is 29.5 Å². The van der Waals surface area contributed by atoms with Gasteiger partial charge in [-0.15, -0.1) is 0 Å². The molecule has 17 N–H and O–H groups in total. The maximum Gasteiger partial charge on any atom is 0.323 e. The van der Waals surface area contributed by atoms with Gasteiger partial charge < -0.3 is 70.4 Å². The molecule has 2 aliphatic rings. The monoisotopic (exact) mass is 804 g/mol. The molecule has 2 aromatic rings. The van der Waals surface area contributed by atoms with Crippen LogP contribution < -0.4 is 70.4 Å². The first kappa shape index (κ1) is 44.1. The van der Waals surface area contributed by atoms with Crippen molar-refractivity contribution in [2.24, 2.45) is 17.2 Å². The number of nitrogens with one attached hydrogen (secondary N) is 11. The molecule has 0 bridgehead atoms. The summed E-state index contributed by atoms with van der Waals surface area (Å²) in [6, 6.07) is 8.71. The lowest BCUT2D eigenvalue weighted by molar-refractivity contribution is -0.133. The summed E-state index contributed by atoms with van der Waals surface area (Å²) >= 11 is 0. The first-order valence-electron chi connectivity index (χ1n) is 18.7. The molecule has 6 atom stereocenters. The second kappa shape index (κ2) is 21.6. The number of hydrogen-bond donors (Lipinski definition) is 14. The molecule has 21 heteroatoms. The Morgan fingerprint density at radius 1 is 0.914 bits per heavy atom. The van der Waals surface area contributed by atoms with Crippen LogP contribution in [0.1, 0.15) is 32.6 Å². The van der Waals surface area contributed by atoms with Gasteiger partial charge in [0, 0.05) is 44.0 Å². The molecule has 8 amide bonds. The van der Waals surface area contributed by atoms with Crippen molar-refractivity contribution in [2.75, 3.05) is 31.5 Å². The zero-order valence-corrected chi connectivity index (χ0v) is 32.0. The largest absolute Gasteiger partial charge is 0.357 e. The normalized spacial score (nSPS) is 23.4. The Morgan fingerprint density at radius 3 is 2.38 bits per heavy atom. The molecule has 2 aromatic carbocycles. The third kappa shape index (κ3) is 13.6. The highest BCUT2D eigenvalue weighted by Gasteiger charge is 2.35. The van der Waals surface area contributed by atoms with Crippen LogP contribution in [0, 0.1) is 5.41 Å². The molecule has 58 heavy (non-hydrogen) atoms. The van der Waals surface area contributed by atoms with E-state index in [0.29, 0.717) is 25.1 Å². The molecule has 0 saturated carbocycles. The minimum absolute atomic E-state index is 0.112. The van der Waals surface area contributed by atoms with E-state index in [1.807, 2.05) is 36.4 Å². The molecule has 4 rings (SSSR count). The zero-order chi connectivity index (χ0) is 42.2. The number of benzene rings is 2. The number of nitrogens with two attached hydrogens (primary N) is 3. The highest BCUT2D eigenvalue weighted by Crippen LogP contribution is 2.22. The first-order valence-corrected chi connectivity index (χ1v) is 18.7. The standard InChI is InChI=1S/C37H52N14O7/c1-20-31(53)48-27(18-43-29(52)16-23(39)10-6-13-38)33(55)49-28(19-45-37(58)47-24-11-5-9-22(15-24)21-7-3-2-4-8-21)34(56)51-30(26-12-14-42-36(41)50-26)35(57)44-17-25(40)32(54)46-20/h2-5,7-9,11,15,19-20,23,25-27,30H,6,10,12-14,16-18,38-40H2,1H3,(H,43,52)(H,44,57)(H,46,54)(H,48,53)(H,49,55)(H,51,56)(H3,41,42,50)(H2,45,47,58)/b28-19-/t20-,23?,25?,26?,27-,30-/m0/s1. The number of amides is 8. The Labute approximate surface area is 334 Å². The fourth-order valence-electron chi connectivity index (χ4n) is 5.88. The highest BCUT2D eigenvalue weighted by atomic mass is 16.2. The molecular weight excluding hydrogens is 752 g/mol. The second-order valence-electron chi connectivity index (χ2n) is 13.7. The molecule has 2 heterocycles. The van der Waals surface area contributed by atoms with Crippen molar-refractivity contribution in [3.05, 3.63) is 66.5 Å². The number of carbonyl (C=O) groups excluding carboxylic acids is 7. The molecule has 2 aliphatic heterocycles. The summed E-state index contributed by atoms with van der Waals surface area (Å²) in [7, 11) is 0. The third-order valence-electron chi connectivity index (χ3n) is 9.08. The lowest BCUT2D eigenvalue weighted by atomic mass is 10.0. The fraction of sp³-hybridized carbons (Fsp3) is 0.405. The first-order chi connectivity index (χ1) is 27.7. The van der Waals surface area contributed by atoms with Crippen LogP contribution in [0.3, 0.4) is 0 Å². The molecular formula is C37H52N14O7. The van der Waals surface area contributed by atoms with Crippen LogP contribution in [0.25, 0.3) is 11.1 Å². The van der Waals surface area contributed by atoms with Crippen molar-refractivity contribution in [1.82, 2.24) is 47.9 Å². The molecule has 0 aromatic heterocycles. The van der Waals surface area contributed by atoms with Gasteiger partial charge in [0.05, 0.1) is 6.04 Å². The minimum atomic E-state index is -1.55. The predicted molar refractivity (Wildman–Crippen MR) is 214 cm³/mol. The predicted octanol–water partition coefficient (Wildman–Crippen LogP) is -3.18. The molecule has 21 nitrogen and oxygen atoms in total. The third-order valence-corrected chi connectivity index (χ3v) is 9.08. The van der Waals surface area contributed by atoms with Gasteiger partial charge in [-0.2, -0.15) is 0 Å². The summed E-state index contributed by atoms with van der Waals surface area (Å²) in [5, 5.41) is 33.6. The van der Waals surface area contributed by atoms with E-state index in [1.165, 1.54) is 6.92 Å². The Balaban J connectivity index is 1.64. The summed E-state index contributed by atoms with van der Waals surface area (Å²) < 4.78 is 0. The van der Waals surface area contributed by atoms with Gasteiger partial charge in [0.25, 0.3) is 5.91 Å². The van der Waals surface area contributed by atoms with E-state index in [1.54, 1.807) is 18.2 Å². The summed E-state index contributed by atoms with van der Waals surface area (Å²) in [6.45, 7) is 1.10. The van der Waals surface area contributed by atoms with Crippen LogP contribution in [-0.2, 0) is 28.8 Å². The molecule has 0 radical (unpaired) electrons. The van der Waals surface area contributed by atoms with Gasteiger partial charge in [0.1, 0.15) is 29.9 Å². The number of carbonyl (C=O) groups is 7. The number of guanidine groups is 1. The summed E-state index contributed by atoms with van der Waals surface area (Å²) in [5.41, 5.74) is 19.1. The van der Waals surface area contributed by atoms with Crippen LogP contribution >= 0.6 is 0 Å². The molecule has 2 saturated heterocycles. The van der Waals surface area contributed by atoms with Gasteiger partial charge in [-0.05, 0) is 56.0 Å². The summed E-state index contributed by atoms with van der Waals surface area (Å²) in [4.78, 5) is 93.6. The fourth-order valence-corrected chi connectivity index (χ4v) is 5.88. The lowest BCUT2D eigenvalue weighted by Gasteiger charge is -2.33. The molecule has 0 aliphatic carbocycles. The quantitative estimate of drug-likeness (QED) is 0.100. The van der Waals surface area contributed by atoms with E-state index >= 15 is 0 Å². The van der Waals surface area contributed by atoms with Crippen molar-refractivity contribution in [2.45, 2.75) is 68.9 Å². The van der Waals surface area contributed by atoms with Crippen molar-refractivity contribution in [3.8, 4) is 11.1 Å². The number of anilines is 1. The second-order valence-corrected chi connectivity index (χ2v) is 13.7. The lowest BCUT2D eigenvalue weighted by Crippen LogP contribution is -2.65. The Kier molecular flexibility index (Phi) is 16.5. The van der Waals surface area contributed by atoms with Crippen molar-refractivity contribution in [3.63, 3.8) is 0 Å². The van der Waals surface area contributed by atoms with Gasteiger partial charge in [-0.3, -0.25) is 34.2 Å². The van der Waals surface area contributed by atoms with E-state index in [-0.39, 0.29) is 25.3 Å². The van der Waals surface area contributed by atoms with Gasteiger partial charge in [0.15, 0.2) is 5.96 Å². The van der Waals surface area contributed by atoms with E-state index in [2.05, 4.69) is 53.2 Å². The molecule has 312 valence electrons. The van der Waals surface area contributed by atoms with Gasteiger partial charge in [-0.25, -0.2) is 4.79 Å². The molecule has 2 fully saturated rings. The average Bonchev–Trinajstić information content (AvgIpc) is 3.20.